The minimum atomic E-state index is -0.546. The lowest BCUT2D eigenvalue weighted by molar-refractivity contribution is -0.127. The van der Waals surface area contributed by atoms with E-state index in [0.29, 0.717) is 30.5 Å². The van der Waals surface area contributed by atoms with Crippen LogP contribution in [0.15, 0.2) is 35.3 Å². The van der Waals surface area contributed by atoms with Gasteiger partial charge in [0.1, 0.15) is 5.75 Å². The molecule has 140 valence electrons. The minimum Gasteiger partial charge on any atom is -0.494 e. The minimum absolute atomic E-state index is 0.0188. The summed E-state index contributed by atoms with van der Waals surface area (Å²) in [5.41, 5.74) is 0. The van der Waals surface area contributed by atoms with Gasteiger partial charge in [-0.3, -0.25) is 10.1 Å². The van der Waals surface area contributed by atoms with Crippen molar-refractivity contribution in [3.63, 3.8) is 0 Å². The lowest BCUT2D eigenvalue weighted by Crippen LogP contribution is -2.63. The van der Waals surface area contributed by atoms with E-state index < -0.39 is 18.2 Å². The van der Waals surface area contributed by atoms with E-state index in [1.54, 1.807) is 7.05 Å². The van der Waals surface area contributed by atoms with Crippen LogP contribution in [0.25, 0.3) is 0 Å². The number of carbonyl (C=O) groups excluding carboxylic acids is 2. The van der Waals surface area contributed by atoms with Gasteiger partial charge in [0.2, 0.25) is 0 Å². The summed E-state index contributed by atoms with van der Waals surface area (Å²) in [5, 5.41) is 12.1. The number of urea groups is 1. The van der Waals surface area contributed by atoms with Gasteiger partial charge < -0.3 is 19.6 Å². The summed E-state index contributed by atoms with van der Waals surface area (Å²) >= 11 is 1.39. The number of benzene rings is 1. The number of imide groups is 1. The van der Waals surface area contributed by atoms with E-state index in [2.05, 4.69) is 10.3 Å². The second kappa shape index (κ2) is 8.41. The van der Waals surface area contributed by atoms with Gasteiger partial charge in [0, 0.05) is 19.3 Å². The fraction of sp³-hybridized carbons (Fsp3) is 0.471. The molecule has 0 aromatic heterocycles. The highest BCUT2D eigenvalue weighted by Gasteiger charge is 2.48. The molecule has 3 amide bonds. The van der Waals surface area contributed by atoms with E-state index in [9.17, 15) is 9.59 Å². The van der Waals surface area contributed by atoms with Gasteiger partial charge in [0.25, 0.3) is 5.91 Å². The predicted molar refractivity (Wildman–Crippen MR) is 99.1 cm³/mol. The zero-order valence-corrected chi connectivity index (χ0v) is 15.3. The summed E-state index contributed by atoms with van der Waals surface area (Å²) < 4.78 is 5.70. The number of likely N-dealkylation sites (N-methyl/N-ethyl adjacent to an activating group) is 1. The molecule has 2 heterocycles. The van der Waals surface area contributed by atoms with Crippen molar-refractivity contribution in [2.45, 2.75) is 18.6 Å². The SMILES string of the molecule is CN1C(=O)NC(=O)C2C1N=C(SCCO)N2CCCOc1ccccc1. The highest BCUT2D eigenvalue weighted by molar-refractivity contribution is 8.13. The van der Waals surface area contributed by atoms with Crippen LogP contribution in [0.1, 0.15) is 6.42 Å². The van der Waals surface area contributed by atoms with Crippen LogP contribution in [0.5, 0.6) is 5.75 Å². The Labute approximate surface area is 156 Å². The molecule has 1 aromatic carbocycles. The highest BCUT2D eigenvalue weighted by Crippen LogP contribution is 2.28. The van der Waals surface area contributed by atoms with E-state index in [0.717, 1.165) is 5.75 Å². The van der Waals surface area contributed by atoms with Crippen LogP contribution >= 0.6 is 11.8 Å². The molecular weight excluding hydrogens is 356 g/mol. The molecule has 1 aromatic rings. The molecule has 2 aliphatic heterocycles. The quantitative estimate of drug-likeness (QED) is 0.680. The lowest BCUT2D eigenvalue weighted by atomic mass is 10.1. The summed E-state index contributed by atoms with van der Waals surface area (Å²) in [6.07, 6.45) is 0.161. The first-order valence-corrected chi connectivity index (χ1v) is 9.44. The van der Waals surface area contributed by atoms with Gasteiger partial charge in [-0.2, -0.15) is 0 Å². The summed E-state index contributed by atoms with van der Waals surface area (Å²) in [4.78, 5) is 32.1. The largest absolute Gasteiger partial charge is 0.494 e. The number of hydrogen-bond acceptors (Lipinski definition) is 7. The maximum absolute atomic E-state index is 12.4. The van der Waals surface area contributed by atoms with Crippen molar-refractivity contribution >= 4 is 28.9 Å². The number of amidine groups is 1. The first-order valence-electron chi connectivity index (χ1n) is 8.45. The molecule has 2 atom stereocenters. The molecule has 26 heavy (non-hydrogen) atoms. The van der Waals surface area contributed by atoms with E-state index >= 15 is 0 Å². The molecule has 2 unspecified atom stereocenters. The number of aliphatic imine (C=N–C) groups is 1. The number of para-hydroxylation sites is 1. The van der Waals surface area contributed by atoms with Crippen molar-refractivity contribution < 1.29 is 19.4 Å². The number of aliphatic hydroxyl groups is 1. The van der Waals surface area contributed by atoms with Crippen molar-refractivity contribution in [1.82, 2.24) is 15.1 Å². The van der Waals surface area contributed by atoms with E-state index in [1.165, 1.54) is 16.7 Å². The number of fused-ring (bicyclic) bond motifs is 1. The van der Waals surface area contributed by atoms with Gasteiger partial charge >= 0.3 is 6.03 Å². The Morgan fingerprint density at radius 1 is 1.31 bits per heavy atom. The Kier molecular flexibility index (Phi) is 6.00. The average molecular weight is 378 g/mol. The summed E-state index contributed by atoms with van der Waals surface area (Å²) in [6.45, 7) is 1.10. The van der Waals surface area contributed by atoms with Crippen molar-refractivity contribution in [2.24, 2.45) is 4.99 Å². The van der Waals surface area contributed by atoms with E-state index in [1.807, 2.05) is 35.2 Å². The first-order chi connectivity index (χ1) is 12.6. The Morgan fingerprint density at radius 3 is 2.81 bits per heavy atom. The fourth-order valence-corrected chi connectivity index (χ4v) is 3.76. The number of rotatable bonds is 7. The molecule has 2 aliphatic rings. The highest BCUT2D eigenvalue weighted by atomic mass is 32.2. The Hall–Kier alpha value is -2.26. The predicted octanol–water partition coefficient (Wildman–Crippen LogP) is 0.729. The zero-order valence-electron chi connectivity index (χ0n) is 14.5. The van der Waals surface area contributed by atoms with E-state index in [-0.39, 0.29) is 12.5 Å². The number of nitrogens with zero attached hydrogens (tertiary/aromatic N) is 3. The molecular formula is C17H22N4O4S. The average Bonchev–Trinajstić information content (AvgIpc) is 3.01. The topological polar surface area (TPSA) is 94.5 Å². The van der Waals surface area contributed by atoms with Crippen LogP contribution in [-0.4, -0.2) is 76.8 Å². The van der Waals surface area contributed by atoms with Gasteiger partial charge in [-0.15, -0.1) is 0 Å². The normalized spacial score (nSPS) is 22.2. The maximum atomic E-state index is 12.4. The molecule has 0 bridgehead atoms. The molecule has 0 spiro atoms. The maximum Gasteiger partial charge on any atom is 0.325 e. The number of aliphatic hydroxyl groups excluding tert-OH is 1. The van der Waals surface area contributed by atoms with Gasteiger partial charge in [0.15, 0.2) is 17.4 Å². The smallest absolute Gasteiger partial charge is 0.325 e. The van der Waals surface area contributed by atoms with Crippen LogP contribution in [0.3, 0.4) is 0 Å². The fourth-order valence-electron chi connectivity index (χ4n) is 2.93. The van der Waals surface area contributed by atoms with Crippen LogP contribution in [0.4, 0.5) is 4.79 Å². The molecule has 0 aliphatic carbocycles. The van der Waals surface area contributed by atoms with Crippen molar-refractivity contribution in [2.75, 3.05) is 32.6 Å². The molecule has 1 fully saturated rings. The van der Waals surface area contributed by atoms with Crippen molar-refractivity contribution in [3.05, 3.63) is 30.3 Å². The molecule has 2 N–H and O–H groups in total. The van der Waals surface area contributed by atoms with Gasteiger partial charge in [-0.25, -0.2) is 9.79 Å². The van der Waals surface area contributed by atoms with Gasteiger partial charge in [-0.05, 0) is 18.6 Å². The molecule has 0 saturated carbocycles. The number of hydrogen-bond donors (Lipinski definition) is 2. The Balaban J connectivity index is 1.63. The van der Waals surface area contributed by atoms with Gasteiger partial charge in [-0.1, -0.05) is 30.0 Å². The van der Waals surface area contributed by atoms with Crippen LogP contribution in [-0.2, 0) is 4.79 Å². The molecule has 3 rings (SSSR count). The molecule has 1 saturated heterocycles. The molecule has 8 nitrogen and oxygen atoms in total. The van der Waals surface area contributed by atoms with Crippen molar-refractivity contribution in [1.29, 1.82) is 0 Å². The lowest BCUT2D eigenvalue weighted by Gasteiger charge is -2.36. The third kappa shape index (κ3) is 3.94. The first kappa shape index (κ1) is 18.5. The standard InChI is InChI=1S/C17H22N4O4S/c1-20-14-13(15(23)19-16(20)24)21(17(18-14)26-11-9-22)8-5-10-25-12-6-3-2-4-7-12/h2-4,6-7,13-14,22H,5,8-11H2,1H3,(H,19,23,24). The number of amides is 3. The van der Waals surface area contributed by atoms with Gasteiger partial charge in [0.05, 0.1) is 13.2 Å². The van der Waals surface area contributed by atoms with Crippen LogP contribution in [0.2, 0.25) is 0 Å². The Bertz CT molecular complexity index is 685. The summed E-state index contributed by atoms with van der Waals surface area (Å²) in [7, 11) is 1.62. The summed E-state index contributed by atoms with van der Waals surface area (Å²) in [6, 6.07) is 8.55. The second-order valence-electron chi connectivity index (χ2n) is 5.96. The Morgan fingerprint density at radius 2 is 2.08 bits per heavy atom. The number of nitrogens with one attached hydrogen (secondary N) is 1. The molecule has 9 heteroatoms. The third-order valence-corrected chi connectivity index (χ3v) is 5.19. The number of carbonyl (C=O) groups is 2. The van der Waals surface area contributed by atoms with Crippen molar-refractivity contribution in [3.8, 4) is 5.75 Å². The third-order valence-electron chi connectivity index (χ3n) is 4.20. The zero-order chi connectivity index (χ0) is 18.5. The number of thioether (sulfide) groups is 1. The van der Waals surface area contributed by atoms with Crippen LogP contribution in [0, 0.1) is 0 Å². The number of ether oxygens (including phenoxy) is 1. The summed E-state index contributed by atoms with van der Waals surface area (Å²) in [5.74, 6) is 0.940. The monoisotopic (exact) mass is 378 g/mol. The van der Waals surface area contributed by atoms with Crippen LogP contribution < -0.4 is 10.1 Å². The second-order valence-corrected chi connectivity index (χ2v) is 7.02. The molecule has 0 radical (unpaired) electrons. The van der Waals surface area contributed by atoms with E-state index in [4.69, 9.17) is 9.84 Å².